The number of amides is 1. The maximum Gasteiger partial charge on any atom is 0.260 e. The van der Waals surface area contributed by atoms with Gasteiger partial charge >= 0.3 is 0 Å². The van der Waals surface area contributed by atoms with Crippen molar-refractivity contribution in [1.29, 1.82) is 0 Å². The Morgan fingerprint density at radius 3 is 3.10 bits per heavy atom. The van der Waals surface area contributed by atoms with Crippen LogP contribution in [0, 0.1) is 11.7 Å². The number of nitrogens with zero attached hydrogens (tertiary/aromatic N) is 1. The minimum Gasteiger partial charge on any atom is -0.481 e. The fraction of sp³-hybridized carbons (Fsp3) is 0.500. The van der Waals surface area contributed by atoms with E-state index in [9.17, 15) is 9.18 Å². The van der Waals surface area contributed by atoms with Gasteiger partial charge < -0.3 is 15.0 Å². The lowest BCUT2D eigenvalue weighted by Gasteiger charge is -2.17. The Morgan fingerprint density at radius 2 is 2.40 bits per heavy atom. The molecule has 0 radical (unpaired) electrons. The number of hydrogen-bond acceptors (Lipinski definition) is 3. The van der Waals surface area contributed by atoms with Gasteiger partial charge in [0.1, 0.15) is 0 Å². The Hall–Kier alpha value is -1.14. The predicted octanol–water partition coefficient (Wildman–Crippen LogP) is 2.03. The van der Waals surface area contributed by atoms with E-state index in [-0.39, 0.29) is 18.3 Å². The number of benzene rings is 1. The normalized spacial score (nSPS) is 18.4. The maximum absolute atomic E-state index is 13.6. The average Bonchev–Trinajstić information content (AvgIpc) is 2.86. The second-order valence-electron chi connectivity index (χ2n) is 4.92. The molecule has 0 saturated carbocycles. The topological polar surface area (TPSA) is 41.6 Å². The summed E-state index contributed by atoms with van der Waals surface area (Å²) in [7, 11) is 1.91. The van der Waals surface area contributed by atoms with Gasteiger partial charge in [0.05, 0.1) is 0 Å². The molecule has 0 aromatic heterocycles. The molecule has 1 atom stereocenters. The van der Waals surface area contributed by atoms with Crippen molar-refractivity contribution >= 4 is 21.8 Å². The molecule has 6 heteroatoms. The molecule has 1 fully saturated rings. The van der Waals surface area contributed by atoms with E-state index in [0.29, 0.717) is 10.4 Å². The Kier molecular flexibility index (Phi) is 5.37. The largest absolute Gasteiger partial charge is 0.481 e. The van der Waals surface area contributed by atoms with Crippen LogP contribution >= 0.6 is 15.9 Å². The first-order valence-corrected chi connectivity index (χ1v) is 7.39. The predicted molar refractivity (Wildman–Crippen MR) is 78.2 cm³/mol. The SMILES string of the molecule is CNC[C@H]1CCN(C(=O)COc2ccc(Br)cc2F)C1. The van der Waals surface area contributed by atoms with Gasteiger partial charge in [-0.3, -0.25) is 4.79 Å². The van der Waals surface area contributed by atoms with Crippen LogP contribution in [0.1, 0.15) is 6.42 Å². The second kappa shape index (κ2) is 7.04. The summed E-state index contributed by atoms with van der Waals surface area (Å²) in [6.45, 7) is 2.28. The van der Waals surface area contributed by atoms with Crippen molar-refractivity contribution in [3.05, 3.63) is 28.5 Å². The third kappa shape index (κ3) is 3.93. The van der Waals surface area contributed by atoms with Crippen LogP contribution in [0.15, 0.2) is 22.7 Å². The summed E-state index contributed by atoms with van der Waals surface area (Å²) in [4.78, 5) is 13.8. The van der Waals surface area contributed by atoms with Crippen LogP contribution in [0.4, 0.5) is 4.39 Å². The van der Waals surface area contributed by atoms with Gasteiger partial charge in [-0.2, -0.15) is 0 Å². The van der Waals surface area contributed by atoms with Crippen LogP contribution in [0.2, 0.25) is 0 Å². The number of halogens is 2. The fourth-order valence-electron chi connectivity index (χ4n) is 2.34. The van der Waals surface area contributed by atoms with Gasteiger partial charge in [-0.05, 0) is 44.1 Å². The minimum absolute atomic E-state index is 0.0917. The minimum atomic E-state index is -0.471. The van der Waals surface area contributed by atoms with Gasteiger partial charge in [-0.1, -0.05) is 15.9 Å². The lowest BCUT2D eigenvalue weighted by molar-refractivity contribution is -0.132. The summed E-state index contributed by atoms with van der Waals surface area (Å²) < 4.78 is 19.5. The smallest absolute Gasteiger partial charge is 0.260 e. The summed E-state index contributed by atoms with van der Waals surface area (Å²) in [5.41, 5.74) is 0. The van der Waals surface area contributed by atoms with Crippen molar-refractivity contribution in [3.63, 3.8) is 0 Å². The molecule has 0 bridgehead atoms. The number of rotatable bonds is 5. The maximum atomic E-state index is 13.6. The molecule has 4 nitrogen and oxygen atoms in total. The third-order valence-electron chi connectivity index (χ3n) is 3.38. The summed E-state index contributed by atoms with van der Waals surface area (Å²) in [6, 6.07) is 4.51. The molecule has 1 saturated heterocycles. The molecule has 1 amide bonds. The number of nitrogens with one attached hydrogen (secondary N) is 1. The zero-order valence-electron chi connectivity index (χ0n) is 11.4. The van der Waals surface area contributed by atoms with Crippen LogP contribution in [0.5, 0.6) is 5.75 Å². The first-order chi connectivity index (χ1) is 9.60. The molecule has 1 aliphatic rings. The number of hydrogen-bond donors (Lipinski definition) is 1. The molecule has 1 aromatic rings. The van der Waals surface area contributed by atoms with Crippen molar-refractivity contribution < 1.29 is 13.9 Å². The van der Waals surface area contributed by atoms with E-state index in [1.165, 1.54) is 12.1 Å². The lowest BCUT2D eigenvalue weighted by Crippen LogP contribution is -2.34. The van der Waals surface area contributed by atoms with E-state index >= 15 is 0 Å². The monoisotopic (exact) mass is 344 g/mol. The zero-order chi connectivity index (χ0) is 14.5. The highest BCUT2D eigenvalue weighted by atomic mass is 79.9. The van der Waals surface area contributed by atoms with E-state index in [2.05, 4.69) is 21.2 Å². The fourth-order valence-corrected chi connectivity index (χ4v) is 2.67. The van der Waals surface area contributed by atoms with Gasteiger partial charge in [-0.25, -0.2) is 4.39 Å². The van der Waals surface area contributed by atoms with E-state index < -0.39 is 5.82 Å². The Balaban J connectivity index is 1.83. The van der Waals surface area contributed by atoms with Gasteiger partial charge in [0, 0.05) is 17.6 Å². The summed E-state index contributed by atoms with van der Waals surface area (Å²) >= 11 is 3.17. The van der Waals surface area contributed by atoms with Gasteiger partial charge in [0.15, 0.2) is 18.2 Å². The van der Waals surface area contributed by atoms with Crippen molar-refractivity contribution in [3.8, 4) is 5.75 Å². The Morgan fingerprint density at radius 1 is 1.60 bits per heavy atom. The number of ether oxygens (including phenoxy) is 1. The number of carbonyl (C=O) groups excluding carboxylic acids is 1. The molecule has 0 spiro atoms. The van der Waals surface area contributed by atoms with Crippen LogP contribution < -0.4 is 10.1 Å². The van der Waals surface area contributed by atoms with Crippen molar-refractivity contribution in [2.24, 2.45) is 5.92 Å². The second-order valence-corrected chi connectivity index (χ2v) is 5.83. The molecule has 20 heavy (non-hydrogen) atoms. The molecule has 1 aliphatic heterocycles. The highest BCUT2D eigenvalue weighted by molar-refractivity contribution is 9.10. The van der Waals surface area contributed by atoms with Crippen molar-refractivity contribution in [2.45, 2.75) is 6.42 Å². The molecule has 2 rings (SSSR count). The summed E-state index contributed by atoms with van der Waals surface area (Å²) in [6.07, 6.45) is 0.999. The molecule has 1 aromatic carbocycles. The first-order valence-electron chi connectivity index (χ1n) is 6.60. The highest BCUT2D eigenvalue weighted by Crippen LogP contribution is 2.22. The van der Waals surface area contributed by atoms with Crippen molar-refractivity contribution in [1.82, 2.24) is 10.2 Å². The average molecular weight is 345 g/mol. The summed E-state index contributed by atoms with van der Waals surface area (Å²) in [5.74, 6) is 0.0356. The lowest BCUT2D eigenvalue weighted by atomic mass is 10.1. The van der Waals surface area contributed by atoms with Gasteiger partial charge in [-0.15, -0.1) is 0 Å². The third-order valence-corrected chi connectivity index (χ3v) is 3.87. The molecular formula is C14H18BrFN2O2. The molecule has 0 unspecified atom stereocenters. The van der Waals surface area contributed by atoms with E-state index in [4.69, 9.17) is 4.74 Å². The molecule has 110 valence electrons. The zero-order valence-corrected chi connectivity index (χ0v) is 13.0. The first kappa shape index (κ1) is 15.3. The Bertz CT molecular complexity index is 484. The molecule has 1 heterocycles. The van der Waals surface area contributed by atoms with Crippen LogP contribution in [0.25, 0.3) is 0 Å². The Labute approximate surface area is 126 Å². The number of carbonyl (C=O) groups is 1. The molecular weight excluding hydrogens is 327 g/mol. The van der Waals surface area contributed by atoms with Crippen LogP contribution in [-0.2, 0) is 4.79 Å². The van der Waals surface area contributed by atoms with Crippen LogP contribution in [-0.4, -0.2) is 44.1 Å². The van der Waals surface area contributed by atoms with E-state index in [1.807, 2.05) is 7.05 Å². The van der Waals surface area contributed by atoms with E-state index in [0.717, 1.165) is 26.1 Å². The molecule has 1 N–H and O–H groups in total. The quantitative estimate of drug-likeness (QED) is 0.888. The standard InChI is InChI=1S/C14H18BrFN2O2/c1-17-7-10-4-5-18(8-10)14(19)9-20-13-3-2-11(15)6-12(13)16/h2-3,6,10,17H,4-5,7-9H2,1H3/t10-/m1/s1. The van der Waals surface area contributed by atoms with Crippen LogP contribution in [0.3, 0.4) is 0 Å². The van der Waals surface area contributed by atoms with Crippen molar-refractivity contribution in [2.75, 3.05) is 33.3 Å². The number of likely N-dealkylation sites (tertiary alicyclic amines) is 1. The summed E-state index contributed by atoms with van der Waals surface area (Å²) in [5, 5.41) is 3.12. The van der Waals surface area contributed by atoms with E-state index in [1.54, 1.807) is 11.0 Å². The van der Waals surface area contributed by atoms with Gasteiger partial charge in [0.25, 0.3) is 5.91 Å². The highest BCUT2D eigenvalue weighted by Gasteiger charge is 2.25. The van der Waals surface area contributed by atoms with Gasteiger partial charge in [0.2, 0.25) is 0 Å². The molecule has 0 aliphatic carbocycles.